The van der Waals surface area contributed by atoms with E-state index in [0.717, 1.165) is 38.5 Å². The third-order valence-electron chi connectivity index (χ3n) is 13.6. The zero-order valence-electron chi connectivity index (χ0n) is 46.6. The molecule has 0 aromatic rings. The number of amides is 1. The molecule has 0 saturated heterocycles. The number of allylic oxidation sites excluding steroid dienone is 5. The molecule has 0 aromatic heterocycles. The number of likely N-dealkylation sites (N-methyl/N-ethyl adjacent to an activating group) is 1. The minimum absolute atomic E-state index is 0.0560. The molecule has 3 N–H and O–H groups in total. The molecule has 8 nitrogen and oxygen atoms in total. The van der Waals surface area contributed by atoms with Gasteiger partial charge in [-0.25, -0.2) is 4.57 Å². The number of carbonyl (C=O) groups is 1. The van der Waals surface area contributed by atoms with E-state index in [1.54, 1.807) is 6.08 Å². The number of aliphatic hydroxyl groups is 1. The molecule has 69 heavy (non-hydrogen) atoms. The Bertz CT molecular complexity index is 1220. The molecule has 0 radical (unpaired) electrons. The molecule has 3 atom stereocenters. The molecule has 0 aliphatic carbocycles. The van der Waals surface area contributed by atoms with E-state index in [9.17, 15) is 19.4 Å². The number of hydrogen-bond donors (Lipinski definition) is 3. The Kier molecular flexibility index (Phi) is 50.7. The van der Waals surface area contributed by atoms with E-state index >= 15 is 0 Å². The van der Waals surface area contributed by atoms with Crippen molar-refractivity contribution in [1.82, 2.24) is 5.32 Å². The normalized spacial score (nSPS) is 14.1. The fourth-order valence-corrected chi connectivity index (χ4v) is 9.61. The van der Waals surface area contributed by atoms with Crippen molar-refractivity contribution in [2.75, 3.05) is 40.9 Å². The average molecular weight is 995 g/mol. The maximum atomic E-state index is 13.0. The summed E-state index contributed by atoms with van der Waals surface area (Å²) in [4.78, 5) is 23.3. The maximum absolute atomic E-state index is 13.0. The predicted octanol–water partition coefficient (Wildman–Crippen LogP) is 18.2. The van der Waals surface area contributed by atoms with Crippen molar-refractivity contribution in [2.24, 2.45) is 0 Å². The highest BCUT2D eigenvalue weighted by Crippen LogP contribution is 2.43. The summed E-state index contributed by atoms with van der Waals surface area (Å²) in [5.41, 5.74) is 0. The summed E-state index contributed by atoms with van der Waals surface area (Å²) in [7, 11) is 1.56. The van der Waals surface area contributed by atoms with Crippen molar-refractivity contribution in [3.8, 4) is 0 Å². The Morgan fingerprint density at radius 1 is 0.478 bits per heavy atom. The van der Waals surface area contributed by atoms with Crippen molar-refractivity contribution in [1.29, 1.82) is 0 Å². The maximum Gasteiger partial charge on any atom is 0.472 e. The molecule has 9 heteroatoms. The summed E-state index contributed by atoms with van der Waals surface area (Å²) >= 11 is 0. The molecule has 0 aromatic carbocycles. The first-order valence-electron chi connectivity index (χ1n) is 29.9. The van der Waals surface area contributed by atoms with Crippen LogP contribution in [0.1, 0.15) is 290 Å². The summed E-state index contributed by atoms with van der Waals surface area (Å²) in [6.07, 6.45) is 66.9. The van der Waals surface area contributed by atoms with E-state index in [4.69, 9.17) is 9.05 Å². The molecular weight excluding hydrogens is 876 g/mol. The molecule has 1 amide bonds. The molecule has 0 spiro atoms. The lowest BCUT2D eigenvalue weighted by atomic mass is 10.0. The molecule has 408 valence electrons. The van der Waals surface area contributed by atoms with Gasteiger partial charge in [-0.2, -0.15) is 0 Å². The average Bonchev–Trinajstić information content (AvgIpc) is 3.31. The molecular formula is C60H118N2O6P+. The molecule has 0 saturated carbocycles. The van der Waals surface area contributed by atoms with Crippen LogP contribution in [0.25, 0.3) is 0 Å². The fourth-order valence-electron chi connectivity index (χ4n) is 8.88. The number of quaternary nitrogens is 1. The van der Waals surface area contributed by atoms with Crippen LogP contribution in [0.15, 0.2) is 36.5 Å². The summed E-state index contributed by atoms with van der Waals surface area (Å²) in [6, 6.07) is -0.866. The topological polar surface area (TPSA) is 105 Å². The third-order valence-corrected chi connectivity index (χ3v) is 14.6. The first kappa shape index (κ1) is 67.7. The Balaban J connectivity index is 4.24. The standard InChI is InChI=1S/C60H117N2O6P/c1-6-8-10-12-14-16-18-20-22-24-26-28-30-32-33-35-37-39-41-43-45-47-49-51-53-59(63)58(57-68-69(65,66)67-56-55-62(3,4)5)61-60(64)54-52-50-48-46-44-42-40-38-36-34-31-29-27-25-23-21-19-17-15-13-11-9-7-2/h34,36,43,45,51,53,58-59,63H,6-33,35,37-42,44,46-50,52,54-57H2,1-5H3,(H-,61,64,65,66)/p+1/b36-34-,45-43+,53-51+. The van der Waals surface area contributed by atoms with Gasteiger partial charge in [0.25, 0.3) is 0 Å². The molecule has 0 fully saturated rings. The number of hydrogen-bond acceptors (Lipinski definition) is 5. The van der Waals surface area contributed by atoms with Gasteiger partial charge in [0, 0.05) is 6.42 Å². The Hall–Kier alpha value is -1.28. The summed E-state index contributed by atoms with van der Waals surface area (Å²) in [5.74, 6) is -0.187. The number of phosphoric ester groups is 1. The van der Waals surface area contributed by atoms with Crippen molar-refractivity contribution < 1.29 is 32.9 Å². The number of nitrogens with one attached hydrogen (secondary N) is 1. The number of carbonyl (C=O) groups excluding carboxylic acids is 1. The lowest BCUT2D eigenvalue weighted by molar-refractivity contribution is -0.870. The third kappa shape index (κ3) is 54.3. The minimum Gasteiger partial charge on any atom is -0.387 e. The van der Waals surface area contributed by atoms with Gasteiger partial charge in [-0.15, -0.1) is 0 Å². The molecule has 0 heterocycles. The highest BCUT2D eigenvalue weighted by atomic mass is 31.2. The Labute approximate surface area is 429 Å². The lowest BCUT2D eigenvalue weighted by Gasteiger charge is -2.25. The van der Waals surface area contributed by atoms with Crippen LogP contribution < -0.4 is 5.32 Å². The highest BCUT2D eigenvalue weighted by Gasteiger charge is 2.27. The van der Waals surface area contributed by atoms with Crippen LogP contribution in [0, 0.1) is 0 Å². The summed E-state index contributed by atoms with van der Waals surface area (Å²) < 4.78 is 23.7. The van der Waals surface area contributed by atoms with Crippen LogP contribution in [0.5, 0.6) is 0 Å². The predicted molar refractivity (Wildman–Crippen MR) is 300 cm³/mol. The van der Waals surface area contributed by atoms with Gasteiger partial charge in [0.2, 0.25) is 5.91 Å². The Morgan fingerprint density at radius 2 is 0.797 bits per heavy atom. The van der Waals surface area contributed by atoms with Crippen LogP contribution >= 0.6 is 7.82 Å². The van der Waals surface area contributed by atoms with Gasteiger partial charge in [-0.3, -0.25) is 13.8 Å². The Morgan fingerprint density at radius 3 is 1.16 bits per heavy atom. The largest absolute Gasteiger partial charge is 0.472 e. The van der Waals surface area contributed by atoms with Crippen LogP contribution in [-0.4, -0.2) is 73.4 Å². The quantitative estimate of drug-likeness (QED) is 0.0243. The van der Waals surface area contributed by atoms with Gasteiger partial charge in [-0.1, -0.05) is 262 Å². The van der Waals surface area contributed by atoms with Crippen LogP contribution in [0.3, 0.4) is 0 Å². The van der Waals surface area contributed by atoms with Crippen molar-refractivity contribution in [3.05, 3.63) is 36.5 Å². The SMILES string of the molecule is CCCCCCCCCCCCCC/C=C\CCCCCCCCCC(=O)NC(COP(=O)(O)OCC[N+](C)(C)C)C(O)/C=C/CC/C=C/CCCCCCCCCCCCCCCCCCCC. The number of rotatable bonds is 55. The van der Waals surface area contributed by atoms with Crippen LogP contribution in [0.4, 0.5) is 0 Å². The minimum atomic E-state index is -4.36. The zero-order chi connectivity index (χ0) is 50.6. The number of nitrogens with zero attached hydrogens (tertiary/aromatic N) is 1. The molecule has 3 unspecified atom stereocenters. The first-order valence-corrected chi connectivity index (χ1v) is 31.4. The van der Waals surface area contributed by atoms with E-state index in [2.05, 4.69) is 43.5 Å². The van der Waals surface area contributed by atoms with E-state index in [1.807, 2.05) is 27.2 Å². The lowest BCUT2D eigenvalue weighted by Crippen LogP contribution is -2.45. The van der Waals surface area contributed by atoms with Crippen molar-refractivity contribution in [3.63, 3.8) is 0 Å². The second kappa shape index (κ2) is 51.6. The van der Waals surface area contributed by atoms with E-state index in [0.29, 0.717) is 17.4 Å². The fraction of sp³-hybridized carbons (Fsp3) is 0.883. The smallest absolute Gasteiger partial charge is 0.387 e. The van der Waals surface area contributed by atoms with Crippen LogP contribution in [-0.2, 0) is 18.4 Å². The molecule has 0 aliphatic rings. The van der Waals surface area contributed by atoms with Gasteiger partial charge < -0.3 is 19.8 Å². The van der Waals surface area contributed by atoms with E-state index in [-0.39, 0.29) is 19.1 Å². The number of phosphoric acid groups is 1. The van der Waals surface area contributed by atoms with Gasteiger partial charge in [-0.05, 0) is 57.8 Å². The van der Waals surface area contributed by atoms with E-state index in [1.165, 1.54) is 231 Å². The van der Waals surface area contributed by atoms with E-state index < -0.39 is 20.0 Å². The number of unbranched alkanes of at least 4 members (excludes halogenated alkanes) is 38. The summed E-state index contributed by atoms with van der Waals surface area (Å²) in [6.45, 7) is 4.83. The highest BCUT2D eigenvalue weighted by molar-refractivity contribution is 7.47. The zero-order valence-corrected chi connectivity index (χ0v) is 47.5. The molecule has 0 rings (SSSR count). The first-order chi connectivity index (χ1) is 33.5. The van der Waals surface area contributed by atoms with Gasteiger partial charge in [0.05, 0.1) is 39.9 Å². The van der Waals surface area contributed by atoms with Crippen molar-refractivity contribution >= 4 is 13.7 Å². The molecule has 0 aliphatic heterocycles. The van der Waals surface area contributed by atoms with Crippen LogP contribution in [0.2, 0.25) is 0 Å². The second-order valence-corrected chi connectivity index (χ2v) is 23.2. The second-order valence-electron chi connectivity index (χ2n) is 21.7. The molecule has 0 bridgehead atoms. The van der Waals surface area contributed by atoms with Crippen molar-refractivity contribution in [2.45, 2.75) is 302 Å². The number of aliphatic hydroxyl groups excluding tert-OH is 1. The van der Waals surface area contributed by atoms with Gasteiger partial charge in [0.15, 0.2) is 0 Å². The summed E-state index contributed by atoms with van der Waals surface area (Å²) in [5, 5.41) is 13.9. The monoisotopic (exact) mass is 994 g/mol. The van der Waals surface area contributed by atoms with Gasteiger partial charge >= 0.3 is 7.82 Å². The van der Waals surface area contributed by atoms with Gasteiger partial charge in [0.1, 0.15) is 13.2 Å².